The van der Waals surface area contributed by atoms with E-state index in [1.54, 1.807) is 18.2 Å². The van der Waals surface area contributed by atoms with Crippen LogP contribution in [0.4, 0.5) is 5.69 Å². The summed E-state index contributed by atoms with van der Waals surface area (Å²) < 4.78 is 0. The molecular weight excluding hydrogens is 190 g/mol. The molecule has 0 bridgehead atoms. The van der Waals surface area contributed by atoms with Crippen molar-refractivity contribution in [2.45, 2.75) is 19.8 Å². The number of carbonyl (C=O) groups is 1. The number of Topliss-reactive ketones (excluding diaryl/α,β-unsaturated/α-hetero) is 1. The van der Waals surface area contributed by atoms with Crippen LogP contribution < -0.4 is 4.90 Å². The van der Waals surface area contributed by atoms with Gasteiger partial charge in [-0.2, -0.15) is 0 Å². The van der Waals surface area contributed by atoms with Crippen LogP contribution in [0, 0.1) is 0 Å². The first-order valence-corrected chi connectivity index (χ1v) is 5.28. The summed E-state index contributed by atoms with van der Waals surface area (Å²) in [5.74, 6) is 0.220. The van der Waals surface area contributed by atoms with E-state index in [2.05, 4.69) is 4.90 Å². The lowest BCUT2D eigenvalue weighted by Crippen LogP contribution is -2.20. The third-order valence-electron chi connectivity index (χ3n) is 2.82. The van der Waals surface area contributed by atoms with Crippen LogP contribution >= 0.6 is 0 Å². The molecule has 1 fully saturated rings. The van der Waals surface area contributed by atoms with Gasteiger partial charge in [-0.25, -0.2) is 0 Å². The zero-order valence-electron chi connectivity index (χ0n) is 8.86. The van der Waals surface area contributed by atoms with Crippen molar-refractivity contribution in [3.63, 3.8) is 0 Å². The first-order chi connectivity index (χ1) is 7.20. The van der Waals surface area contributed by atoms with Crippen molar-refractivity contribution in [2.24, 2.45) is 0 Å². The molecule has 1 aromatic rings. The van der Waals surface area contributed by atoms with Gasteiger partial charge in [0, 0.05) is 18.7 Å². The Kier molecular flexibility index (Phi) is 2.62. The van der Waals surface area contributed by atoms with E-state index in [-0.39, 0.29) is 11.5 Å². The second kappa shape index (κ2) is 3.93. The van der Waals surface area contributed by atoms with Gasteiger partial charge in [0.1, 0.15) is 5.75 Å². The number of nitrogens with zero attached hydrogens (tertiary/aromatic N) is 1. The summed E-state index contributed by atoms with van der Waals surface area (Å²) in [5, 5.41) is 9.81. The maximum Gasteiger partial charge on any atom is 0.162 e. The van der Waals surface area contributed by atoms with Gasteiger partial charge in [0.25, 0.3) is 0 Å². The van der Waals surface area contributed by atoms with E-state index in [0.29, 0.717) is 11.3 Å². The molecule has 0 atom stereocenters. The second-order valence-corrected chi connectivity index (χ2v) is 3.92. The number of carbonyl (C=O) groups excluding carboxylic acids is 1. The summed E-state index contributed by atoms with van der Waals surface area (Å²) >= 11 is 0. The predicted molar refractivity (Wildman–Crippen MR) is 59.6 cm³/mol. The Morgan fingerprint density at radius 2 is 2.00 bits per heavy atom. The van der Waals surface area contributed by atoms with Crippen molar-refractivity contribution >= 4 is 11.5 Å². The standard InChI is InChI=1S/C12H15NO2/c1-9(14)10-5-4-6-11(15)12(10)13-7-2-3-8-13/h4-6,15H,2-3,7-8H2,1H3. The van der Waals surface area contributed by atoms with Gasteiger partial charge < -0.3 is 10.0 Å². The average Bonchev–Trinajstić information content (AvgIpc) is 2.70. The van der Waals surface area contributed by atoms with Crippen LogP contribution in [0.2, 0.25) is 0 Å². The zero-order chi connectivity index (χ0) is 10.8. The summed E-state index contributed by atoms with van der Waals surface area (Å²) in [6.07, 6.45) is 2.26. The van der Waals surface area contributed by atoms with Crippen LogP contribution in [-0.4, -0.2) is 24.0 Å². The molecule has 0 amide bonds. The average molecular weight is 205 g/mol. The number of anilines is 1. The van der Waals surface area contributed by atoms with Crippen molar-refractivity contribution in [1.82, 2.24) is 0 Å². The van der Waals surface area contributed by atoms with E-state index < -0.39 is 0 Å². The summed E-state index contributed by atoms with van der Waals surface area (Å²) in [6, 6.07) is 5.13. The van der Waals surface area contributed by atoms with E-state index in [9.17, 15) is 9.90 Å². The molecule has 0 unspecified atom stereocenters. The zero-order valence-corrected chi connectivity index (χ0v) is 8.86. The Labute approximate surface area is 89.3 Å². The number of phenolic OH excluding ortho intramolecular Hbond substituents is 1. The minimum absolute atomic E-state index is 0.00722. The van der Waals surface area contributed by atoms with Gasteiger partial charge >= 0.3 is 0 Å². The quantitative estimate of drug-likeness (QED) is 0.752. The highest BCUT2D eigenvalue weighted by atomic mass is 16.3. The van der Waals surface area contributed by atoms with E-state index in [0.717, 1.165) is 25.9 Å². The lowest BCUT2D eigenvalue weighted by molar-refractivity contribution is 0.101. The van der Waals surface area contributed by atoms with Gasteiger partial charge in [0.05, 0.1) is 5.69 Å². The molecular formula is C12H15NO2. The Bertz CT molecular complexity index is 381. The van der Waals surface area contributed by atoms with Crippen molar-refractivity contribution in [3.8, 4) is 5.75 Å². The highest BCUT2D eigenvalue weighted by Crippen LogP contribution is 2.33. The maximum absolute atomic E-state index is 11.4. The van der Waals surface area contributed by atoms with Crippen LogP contribution in [0.5, 0.6) is 5.75 Å². The molecule has 1 saturated heterocycles. The SMILES string of the molecule is CC(=O)c1cccc(O)c1N1CCCC1. The fourth-order valence-corrected chi connectivity index (χ4v) is 2.09. The molecule has 0 saturated carbocycles. The van der Waals surface area contributed by atoms with E-state index in [4.69, 9.17) is 0 Å². The highest BCUT2D eigenvalue weighted by Gasteiger charge is 2.20. The molecule has 80 valence electrons. The number of benzene rings is 1. The topological polar surface area (TPSA) is 40.5 Å². The van der Waals surface area contributed by atoms with Crippen molar-refractivity contribution < 1.29 is 9.90 Å². The van der Waals surface area contributed by atoms with Crippen LogP contribution in [-0.2, 0) is 0 Å². The van der Waals surface area contributed by atoms with Gasteiger partial charge in [-0.1, -0.05) is 6.07 Å². The Morgan fingerprint density at radius 1 is 1.33 bits per heavy atom. The minimum Gasteiger partial charge on any atom is -0.506 e. The number of aromatic hydroxyl groups is 1. The third-order valence-corrected chi connectivity index (χ3v) is 2.82. The molecule has 0 aromatic heterocycles. The number of para-hydroxylation sites is 1. The Balaban J connectivity index is 2.46. The van der Waals surface area contributed by atoms with Crippen molar-refractivity contribution in [1.29, 1.82) is 0 Å². The first-order valence-electron chi connectivity index (χ1n) is 5.28. The predicted octanol–water partition coefficient (Wildman–Crippen LogP) is 2.20. The van der Waals surface area contributed by atoms with Crippen molar-refractivity contribution in [3.05, 3.63) is 23.8 Å². The van der Waals surface area contributed by atoms with E-state index in [1.165, 1.54) is 6.92 Å². The van der Waals surface area contributed by atoms with Gasteiger partial charge in [-0.15, -0.1) is 0 Å². The Hall–Kier alpha value is -1.51. The molecule has 3 nitrogen and oxygen atoms in total. The first kappa shape index (κ1) is 10.0. The highest BCUT2D eigenvalue weighted by molar-refractivity contribution is 6.01. The van der Waals surface area contributed by atoms with Gasteiger partial charge in [0.2, 0.25) is 0 Å². The normalized spacial score (nSPS) is 15.7. The molecule has 1 aliphatic heterocycles. The molecule has 0 spiro atoms. The molecule has 1 N–H and O–H groups in total. The number of hydrogen-bond donors (Lipinski definition) is 1. The Morgan fingerprint density at radius 3 is 2.60 bits per heavy atom. The summed E-state index contributed by atoms with van der Waals surface area (Å²) in [7, 11) is 0. The van der Waals surface area contributed by atoms with Gasteiger partial charge in [-0.3, -0.25) is 4.79 Å². The third kappa shape index (κ3) is 1.82. The van der Waals surface area contributed by atoms with Crippen LogP contribution in [0.15, 0.2) is 18.2 Å². The van der Waals surface area contributed by atoms with Crippen LogP contribution in [0.3, 0.4) is 0 Å². The fourth-order valence-electron chi connectivity index (χ4n) is 2.09. The monoisotopic (exact) mass is 205 g/mol. The fraction of sp³-hybridized carbons (Fsp3) is 0.417. The molecule has 1 aliphatic rings. The number of hydrogen-bond acceptors (Lipinski definition) is 3. The smallest absolute Gasteiger partial charge is 0.162 e. The van der Waals surface area contributed by atoms with E-state index in [1.807, 2.05) is 0 Å². The summed E-state index contributed by atoms with van der Waals surface area (Å²) in [6.45, 7) is 3.39. The minimum atomic E-state index is 0.00722. The van der Waals surface area contributed by atoms with Crippen LogP contribution in [0.25, 0.3) is 0 Å². The molecule has 3 heteroatoms. The molecule has 0 radical (unpaired) electrons. The number of ketones is 1. The van der Waals surface area contributed by atoms with Gasteiger partial charge in [-0.05, 0) is 31.9 Å². The lowest BCUT2D eigenvalue weighted by atomic mass is 10.1. The molecule has 1 aromatic carbocycles. The summed E-state index contributed by atoms with van der Waals surface area (Å²) in [5.41, 5.74) is 1.33. The lowest BCUT2D eigenvalue weighted by Gasteiger charge is -2.21. The number of phenols is 1. The molecule has 15 heavy (non-hydrogen) atoms. The molecule has 0 aliphatic carbocycles. The number of rotatable bonds is 2. The van der Waals surface area contributed by atoms with Crippen molar-refractivity contribution in [2.75, 3.05) is 18.0 Å². The molecule has 2 rings (SSSR count). The molecule has 1 heterocycles. The maximum atomic E-state index is 11.4. The second-order valence-electron chi connectivity index (χ2n) is 3.92. The van der Waals surface area contributed by atoms with Gasteiger partial charge in [0.15, 0.2) is 5.78 Å². The van der Waals surface area contributed by atoms with Crippen LogP contribution in [0.1, 0.15) is 30.1 Å². The summed E-state index contributed by atoms with van der Waals surface area (Å²) in [4.78, 5) is 13.5. The largest absolute Gasteiger partial charge is 0.506 e. The van der Waals surface area contributed by atoms with E-state index >= 15 is 0 Å².